The van der Waals surface area contributed by atoms with E-state index in [1.165, 1.54) is 18.9 Å². The van der Waals surface area contributed by atoms with Crippen molar-refractivity contribution < 1.29 is 28.6 Å². The first-order valence-electron chi connectivity index (χ1n) is 12.1. The molecule has 11 heteroatoms. The van der Waals surface area contributed by atoms with Crippen molar-refractivity contribution in [2.45, 2.75) is 32.7 Å². The van der Waals surface area contributed by atoms with E-state index in [4.69, 9.17) is 19.2 Å². The van der Waals surface area contributed by atoms with Crippen LogP contribution in [0.25, 0.3) is 0 Å². The molecular weight excluding hydrogens is 496 g/mol. The minimum atomic E-state index is -0.581. The molecule has 3 heterocycles. The maximum atomic E-state index is 13.3. The van der Waals surface area contributed by atoms with E-state index >= 15 is 0 Å². The van der Waals surface area contributed by atoms with Crippen molar-refractivity contribution in [3.05, 3.63) is 46.1 Å². The molecule has 3 aliphatic heterocycles. The third-order valence-corrected chi connectivity index (χ3v) is 7.62. The molecule has 37 heavy (non-hydrogen) atoms. The van der Waals surface area contributed by atoms with Crippen LogP contribution in [0.3, 0.4) is 0 Å². The summed E-state index contributed by atoms with van der Waals surface area (Å²) in [6.45, 7) is 5.51. The van der Waals surface area contributed by atoms with Crippen molar-refractivity contribution in [2.24, 2.45) is 4.99 Å². The van der Waals surface area contributed by atoms with Crippen molar-refractivity contribution in [2.75, 3.05) is 47.5 Å². The number of hydrogen-bond acceptors (Lipinski definition) is 9. The number of hydrogen-bond donors (Lipinski definition) is 0. The van der Waals surface area contributed by atoms with Crippen molar-refractivity contribution in [3.8, 4) is 11.5 Å². The fraction of sp³-hybridized carbons (Fsp3) is 0.462. The van der Waals surface area contributed by atoms with Gasteiger partial charge in [0.05, 0.1) is 45.1 Å². The largest absolute Gasteiger partial charge is 0.497 e. The molecule has 0 aliphatic carbocycles. The number of thioether (sulfide) groups is 1. The molecule has 0 bridgehead atoms. The molecule has 0 radical (unpaired) electrons. The number of benzene rings is 1. The maximum absolute atomic E-state index is 13.3. The topological polar surface area (TPSA) is 101 Å². The van der Waals surface area contributed by atoms with Crippen molar-refractivity contribution >= 4 is 34.7 Å². The molecule has 0 spiro atoms. The second-order valence-electron chi connectivity index (χ2n) is 8.81. The highest BCUT2D eigenvalue weighted by molar-refractivity contribution is 8.16. The number of carbonyl (C=O) groups excluding carboxylic acids is 3. The zero-order chi connectivity index (χ0) is 26.7. The Hall–Kier alpha value is -3.47. The van der Waals surface area contributed by atoms with Gasteiger partial charge in [-0.05, 0) is 29.5 Å². The van der Waals surface area contributed by atoms with Crippen LogP contribution in [-0.4, -0.2) is 85.2 Å². The Kier molecular flexibility index (Phi) is 8.11. The van der Waals surface area contributed by atoms with Crippen LogP contribution in [0, 0.1) is 0 Å². The Morgan fingerprint density at radius 2 is 1.62 bits per heavy atom. The highest BCUT2D eigenvalue weighted by Crippen LogP contribution is 2.46. The average molecular weight is 529 g/mol. The number of ether oxygens (including phenoxy) is 3. The highest BCUT2D eigenvalue weighted by Gasteiger charge is 2.42. The van der Waals surface area contributed by atoms with E-state index in [0.717, 1.165) is 11.3 Å². The van der Waals surface area contributed by atoms with Crippen LogP contribution < -0.4 is 9.47 Å². The predicted octanol–water partition coefficient (Wildman–Crippen LogP) is 2.92. The first-order valence-corrected chi connectivity index (χ1v) is 13.0. The lowest BCUT2D eigenvalue weighted by Gasteiger charge is -2.38. The Morgan fingerprint density at radius 3 is 2.16 bits per heavy atom. The van der Waals surface area contributed by atoms with Crippen molar-refractivity contribution in [1.82, 2.24) is 14.7 Å². The number of carbonyl (C=O) groups is 3. The van der Waals surface area contributed by atoms with E-state index in [9.17, 15) is 14.4 Å². The van der Waals surface area contributed by atoms with Gasteiger partial charge in [-0.3, -0.25) is 9.59 Å². The van der Waals surface area contributed by atoms with E-state index < -0.39 is 12.0 Å². The number of fused-ring (bicyclic) bond motifs is 1. The van der Waals surface area contributed by atoms with E-state index in [0.29, 0.717) is 60.5 Å². The van der Waals surface area contributed by atoms with Gasteiger partial charge in [0.25, 0.3) is 0 Å². The smallest absolute Gasteiger partial charge is 0.338 e. The third-order valence-electron chi connectivity index (χ3n) is 6.73. The molecule has 0 aromatic heterocycles. The average Bonchev–Trinajstić information content (AvgIpc) is 3.32. The third kappa shape index (κ3) is 5.31. The van der Waals surface area contributed by atoms with Gasteiger partial charge >= 0.3 is 5.97 Å². The summed E-state index contributed by atoms with van der Waals surface area (Å²) in [4.78, 5) is 48.3. The summed E-state index contributed by atoms with van der Waals surface area (Å²) in [5.74, 6) is 0.661. The summed E-state index contributed by atoms with van der Waals surface area (Å²) >= 11 is 1.43. The number of esters is 1. The van der Waals surface area contributed by atoms with Gasteiger partial charge in [-0.15, -0.1) is 0 Å². The Labute approximate surface area is 220 Å². The van der Waals surface area contributed by atoms with Gasteiger partial charge in [-0.1, -0.05) is 18.7 Å². The van der Waals surface area contributed by atoms with Gasteiger partial charge < -0.3 is 28.9 Å². The summed E-state index contributed by atoms with van der Waals surface area (Å²) in [7, 11) is 4.50. The molecule has 1 fully saturated rings. The van der Waals surface area contributed by atoms with E-state index in [-0.39, 0.29) is 18.2 Å². The number of amidine groups is 1. The number of rotatable bonds is 7. The number of nitrogens with zero attached hydrogens (tertiary/aromatic N) is 4. The first-order chi connectivity index (χ1) is 17.8. The molecule has 0 N–H and O–H groups in total. The van der Waals surface area contributed by atoms with Crippen LogP contribution in [0.5, 0.6) is 11.5 Å². The van der Waals surface area contributed by atoms with Crippen LogP contribution in [-0.2, 0) is 19.1 Å². The van der Waals surface area contributed by atoms with Crippen LogP contribution in [0.15, 0.2) is 45.6 Å². The summed E-state index contributed by atoms with van der Waals surface area (Å²) < 4.78 is 16.2. The zero-order valence-corrected chi connectivity index (χ0v) is 22.6. The minimum Gasteiger partial charge on any atom is -0.497 e. The van der Waals surface area contributed by atoms with Gasteiger partial charge in [0, 0.05) is 44.9 Å². The predicted molar refractivity (Wildman–Crippen MR) is 140 cm³/mol. The molecule has 3 aliphatic rings. The van der Waals surface area contributed by atoms with Gasteiger partial charge in [-0.2, -0.15) is 0 Å². The monoisotopic (exact) mass is 528 g/mol. The fourth-order valence-electron chi connectivity index (χ4n) is 4.75. The van der Waals surface area contributed by atoms with Crippen LogP contribution in [0.1, 0.15) is 38.3 Å². The number of allylic oxidation sites excluding steroid dienone is 1. The standard InChI is InChI=1S/C26H32N4O6S/c1-6-21-23(25(33)36-5)24(17-11-19(34-3)14-20(12-17)35-4)30-18(15-37-26(30)27-21)13-22(32)29-9-7-28(8-10-29)16(2)31/h11-12,14-15,24H,6-10,13H2,1-5H3. The molecule has 1 saturated heterocycles. The molecule has 1 aromatic carbocycles. The zero-order valence-electron chi connectivity index (χ0n) is 21.8. The highest BCUT2D eigenvalue weighted by atomic mass is 32.2. The van der Waals surface area contributed by atoms with E-state index in [1.54, 1.807) is 37.0 Å². The second-order valence-corrected chi connectivity index (χ2v) is 9.65. The summed E-state index contributed by atoms with van der Waals surface area (Å²) in [5, 5.41) is 2.61. The van der Waals surface area contributed by atoms with E-state index in [1.807, 2.05) is 29.4 Å². The minimum absolute atomic E-state index is 0.0154. The lowest BCUT2D eigenvalue weighted by Crippen LogP contribution is -2.50. The molecular formula is C26H32N4O6S. The van der Waals surface area contributed by atoms with Gasteiger partial charge in [0.15, 0.2) is 5.17 Å². The number of amides is 2. The van der Waals surface area contributed by atoms with Gasteiger partial charge in [-0.25, -0.2) is 9.79 Å². The van der Waals surface area contributed by atoms with Crippen molar-refractivity contribution in [3.63, 3.8) is 0 Å². The summed E-state index contributed by atoms with van der Waals surface area (Å²) in [6, 6.07) is 4.90. The van der Waals surface area contributed by atoms with Crippen molar-refractivity contribution in [1.29, 1.82) is 0 Å². The second kappa shape index (κ2) is 11.3. The molecule has 198 valence electrons. The Morgan fingerprint density at radius 1 is 1.00 bits per heavy atom. The fourth-order valence-corrected chi connectivity index (χ4v) is 5.69. The lowest BCUT2D eigenvalue weighted by molar-refractivity contribution is -0.138. The molecule has 10 nitrogen and oxygen atoms in total. The molecule has 1 atom stereocenters. The molecule has 1 unspecified atom stereocenters. The van der Waals surface area contributed by atoms with Crippen LogP contribution >= 0.6 is 11.8 Å². The Bertz CT molecular complexity index is 1160. The van der Waals surface area contributed by atoms with Gasteiger partial charge in [0.2, 0.25) is 11.8 Å². The number of aliphatic imine (C=N–C) groups is 1. The van der Waals surface area contributed by atoms with E-state index in [2.05, 4.69) is 0 Å². The molecule has 0 saturated carbocycles. The normalized spacial score (nSPS) is 19.3. The summed E-state index contributed by atoms with van der Waals surface area (Å²) in [5.41, 5.74) is 2.55. The van der Waals surface area contributed by atoms with Crippen LogP contribution in [0.2, 0.25) is 0 Å². The Balaban J connectivity index is 1.69. The van der Waals surface area contributed by atoms with Gasteiger partial charge in [0.1, 0.15) is 11.5 Å². The number of piperazine rings is 1. The quantitative estimate of drug-likeness (QED) is 0.498. The molecule has 4 rings (SSSR count). The first kappa shape index (κ1) is 26.6. The lowest BCUT2D eigenvalue weighted by atomic mass is 9.92. The maximum Gasteiger partial charge on any atom is 0.338 e. The molecule has 1 aromatic rings. The summed E-state index contributed by atoms with van der Waals surface area (Å²) in [6.07, 6.45) is 0.675. The van der Waals surface area contributed by atoms with Crippen LogP contribution in [0.4, 0.5) is 0 Å². The SMILES string of the molecule is CCC1=C(C(=O)OC)C(c2cc(OC)cc(OC)c2)N2C(CC(=O)N3CCN(C(C)=O)CC3)=CSC2=N1. The number of methoxy groups -OCH3 is 3. The molecule has 2 amide bonds.